The van der Waals surface area contributed by atoms with Gasteiger partial charge >= 0.3 is 0 Å². The fraction of sp³-hybridized carbons (Fsp3) is 1.00. The maximum absolute atomic E-state index is 5.61. The predicted molar refractivity (Wildman–Crippen MR) is 50.7 cm³/mol. The van der Waals surface area contributed by atoms with E-state index in [4.69, 9.17) is 5.73 Å². The Morgan fingerprint density at radius 2 is 1.91 bits per heavy atom. The Labute approximate surface area is 70.8 Å². The second-order valence-corrected chi connectivity index (χ2v) is 3.35. The highest BCUT2D eigenvalue weighted by atomic mass is 15.1. The zero-order valence-corrected chi connectivity index (χ0v) is 8.14. The monoisotopic (exact) mass is 158 g/mol. The molecule has 2 nitrogen and oxygen atoms in total. The Kier molecular flexibility index (Phi) is 6.57. The van der Waals surface area contributed by atoms with Crippen LogP contribution < -0.4 is 5.73 Å². The molecule has 0 aliphatic carbocycles. The molecule has 0 amide bonds. The molecule has 11 heavy (non-hydrogen) atoms. The summed E-state index contributed by atoms with van der Waals surface area (Å²) in [6.07, 6.45) is 5.20. The van der Waals surface area contributed by atoms with Gasteiger partial charge in [-0.1, -0.05) is 26.2 Å². The molecule has 0 aromatic rings. The lowest BCUT2D eigenvalue weighted by Crippen LogP contribution is -2.34. The van der Waals surface area contributed by atoms with Crippen LogP contribution in [0.3, 0.4) is 0 Å². The molecule has 0 bridgehead atoms. The molecule has 0 saturated carbocycles. The SMILES string of the molecule is CCCCCC(CN)N(C)C. The molecular weight excluding hydrogens is 136 g/mol. The van der Waals surface area contributed by atoms with E-state index in [9.17, 15) is 0 Å². The van der Waals surface area contributed by atoms with Gasteiger partial charge in [0, 0.05) is 12.6 Å². The van der Waals surface area contributed by atoms with Gasteiger partial charge in [-0.05, 0) is 20.5 Å². The average Bonchev–Trinajstić information content (AvgIpc) is 1.97. The quantitative estimate of drug-likeness (QED) is 0.593. The number of hydrogen-bond acceptors (Lipinski definition) is 2. The van der Waals surface area contributed by atoms with Crippen molar-refractivity contribution >= 4 is 0 Å². The number of likely N-dealkylation sites (N-methyl/N-ethyl adjacent to an activating group) is 1. The van der Waals surface area contributed by atoms with Crippen LogP contribution in [-0.2, 0) is 0 Å². The second-order valence-electron chi connectivity index (χ2n) is 3.35. The molecule has 1 atom stereocenters. The Hall–Kier alpha value is -0.0800. The average molecular weight is 158 g/mol. The molecular formula is C9H22N2. The molecule has 0 aliphatic rings. The molecule has 0 radical (unpaired) electrons. The van der Waals surface area contributed by atoms with Crippen molar-refractivity contribution in [1.82, 2.24) is 4.90 Å². The molecule has 0 fully saturated rings. The van der Waals surface area contributed by atoms with Gasteiger partial charge in [0.05, 0.1) is 0 Å². The van der Waals surface area contributed by atoms with E-state index in [0.717, 1.165) is 6.54 Å². The Bertz CT molecular complexity index is 81.6. The first-order valence-corrected chi connectivity index (χ1v) is 4.58. The van der Waals surface area contributed by atoms with Crippen LogP contribution in [0, 0.1) is 0 Å². The maximum atomic E-state index is 5.61. The van der Waals surface area contributed by atoms with Crippen LogP contribution >= 0.6 is 0 Å². The van der Waals surface area contributed by atoms with E-state index in [2.05, 4.69) is 25.9 Å². The zero-order chi connectivity index (χ0) is 8.69. The lowest BCUT2D eigenvalue weighted by atomic mass is 10.1. The summed E-state index contributed by atoms with van der Waals surface area (Å²) in [4.78, 5) is 2.22. The molecule has 0 aromatic heterocycles. The van der Waals surface area contributed by atoms with Gasteiger partial charge in [0.15, 0.2) is 0 Å². The zero-order valence-electron chi connectivity index (χ0n) is 8.14. The van der Waals surface area contributed by atoms with Crippen LogP contribution in [0.2, 0.25) is 0 Å². The summed E-state index contributed by atoms with van der Waals surface area (Å²) in [7, 11) is 4.20. The first-order valence-electron chi connectivity index (χ1n) is 4.58. The van der Waals surface area contributed by atoms with Crippen molar-refractivity contribution < 1.29 is 0 Å². The second kappa shape index (κ2) is 6.62. The molecule has 2 heteroatoms. The third kappa shape index (κ3) is 5.22. The summed E-state index contributed by atoms with van der Waals surface area (Å²) in [5.74, 6) is 0. The predicted octanol–water partition coefficient (Wildman–Crippen LogP) is 1.46. The lowest BCUT2D eigenvalue weighted by molar-refractivity contribution is 0.278. The summed E-state index contributed by atoms with van der Waals surface area (Å²) >= 11 is 0. The fourth-order valence-corrected chi connectivity index (χ4v) is 1.22. The van der Waals surface area contributed by atoms with Crippen LogP contribution in [0.1, 0.15) is 32.6 Å². The number of unbranched alkanes of at least 4 members (excludes halogenated alkanes) is 2. The summed E-state index contributed by atoms with van der Waals surface area (Å²) in [6, 6.07) is 0.585. The van der Waals surface area contributed by atoms with E-state index in [1.165, 1.54) is 25.7 Å². The van der Waals surface area contributed by atoms with Crippen LogP contribution in [0.4, 0.5) is 0 Å². The summed E-state index contributed by atoms with van der Waals surface area (Å²) < 4.78 is 0. The maximum Gasteiger partial charge on any atom is 0.0212 e. The number of nitrogens with two attached hydrogens (primary N) is 1. The van der Waals surface area contributed by atoms with Gasteiger partial charge in [0.2, 0.25) is 0 Å². The van der Waals surface area contributed by atoms with Crippen LogP contribution in [0.5, 0.6) is 0 Å². The number of hydrogen-bond donors (Lipinski definition) is 1. The van der Waals surface area contributed by atoms with Gasteiger partial charge in [-0.2, -0.15) is 0 Å². The van der Waals surface area contributed by atoms with Crippen LogP contribution in [0.15, 0.2) is 0 Å². The number of nitrogens with zero attached hydrogens (tertiary/aromatic N) is 1. The molecule has 2 N–H and O–H groups in total. The van der Waals surface area contributed by atoms with Crippen molar-refractivity contribution in [2.75, 3.05) is 20.6 Å². The topological polar surface area (TPSA) is 29.3 Å². The van der Waals surface area contributed by atoms with E-state index >= 15 is 0 Å². The van der Waals surface area contributed by atoms with Crippen molar-refractivity contribution in [1.29, 1.82) is 0 Å². The van der Waals surface area contributed by atoms with E-state index in [-0.39, 0.29) is 0 Å². The normalized spacial score (nSPS) is 13.9. The molecule has 0 heterocycles. The van der Waals surface area contributed by atoms with Crippen molar-refractivity contribution in [2.45, 2.75) is 38.6 Å². The summed E-state index contributed by atoms with van der Waals surface area (Å²) in [5, 5.41) is 0. The van der Waals surface area contributed by atoms with Gasteiger partial charge < -0.3 is 10.6 Å². The largest absolute Gasteiger partial charge is 0.329 e. The Morgan fingerprint density at radius 3 is 2.27 bits per heavy atom. The van der Waals surface area contributed by atoms with Gasteiger partial charge in [-0.15, -0.1) is 0 Å². The minimum absolute atomic E-state index is 0.585. The standard InChI is InChI=1S/C9H22N2/c1-4-5-6-7-9(8-10)11(2)3/h9H,4-8,10H2,1-3H3. The Balaban J connectivity index is 3.36. The molecule has 0 spiro atoms. The van der Waals surface area contributed by atoms with Crippen LogP contribution in [0.25, 0.3) is 0 Å². The highest BCUT2D eigenvalue weighted by Gasteiger charge is 2.06. The van der Waals surface area contributed by atoms with Crippen LogP contribution in [-0.4, -0.2) is 31.6 Å². The van der Waals surface area contributed by atoms with E-state index in [1.54, 1.807) is 0 Å². The molecule has 0 rings (SSSR count). The minimum atomic E-state index is 0.585. The van der Waals surface area contributed by atoms with Crippen molar-refractivity contribution in [3.05, 3.63) is 0 Å². The third-order valence-electron chi connectivity index (χ3n) is 2.14. The minimum Gasteiger partial charge on any atom is -0.329 e. The first kappa shape index (κ1) is 10.9. The van der Waals surface area contributed by atoms with Gasteiger partial charge in [-0.3, -0.25) is 0 Å². The summed E-state index contributed by atoms with van der Waals surface area (Å²) in [6.45, 7) is 3.02. The van der Waals surface area contributed by atoms with Crippen molar-refractivity contribution in [2.24, 2.45) is 5.73 Å². The van der Waals surface area contributed by atoms with Gasteiger partial charge in [-0.25, -0.2) is 0 Å². The smallest absolute Gasteiger partial charge is 0.0212 e. The number of rotatable bonds is 6. The van der Waals surface area contributed by atoms with Crippen molar-refractivity contribution in [3.63, 3.8) is 0 Å². The molecule has 68 valence electrons. The van der Waals surface area contributed by atoms with E-state index in [1.807, 2.05) is 0 Å². The molecule has 1 unspecified atom stereocenters. The molecule has 0 saturated heterocycles. The fourth-order valence-electron chi connectivity index (χ4n) is 1.22. The van der Waals surface area contributed by atoms with Gasteiger partial charge in [0.1, 0.15) is 0 Å². The highest BCUT2D eigenvalue weighted by Crippen LogP contribution is 2.05. The van der Waals surface area contributed by atoms with E-state index < -0.39 is 0 Å². The highest BCUT2D eigenvalue weighted by molar-refractivity contribution is 4.66. The van der Waals surface area contributed by atoms with E-state index in [0.29, 0.717) is 6.04 Å². The first-order chi connectivity index (χ1) is 5.22. The Morgan fingerprint density at radius 1 is 1.27 bits per heavy atom. The molecule has 0 aromatic carbocycles. The summed E-state index contributed by atoms with van der Waals surface area (Å²) in [5.41, 5.74) is 5.61. The van der Waals surface area contributed by atoms with Gasteiger partial charge in [0.25, 0.3) is 0 Å². The van der Waals surface area contributed by atoms with Crippen molar-refractivity contribution in [3.8, 4) is 0 Å². The lowest BCUT2D eigenvalue weighted by Gasteiger charge is -2.22. The third-order valence-corrected chi connectivity index (χ3v) is 2.14. The molecule has 0 aliphatic heterocycles.